The SMILES string of the molecule is COc1ccc(C(C)n2nc(C)cc2NC(=O)COc2ccc3c(c2)cc(C)n3C)cc1. The maximum absolute atomic E-state index is 12.6. The number of carbonyl (C=O) groups excluding carboxylic acids is 1. The van der Waals surface area contributed by atoms with Crippen LogP contribution < -0.4 is 14.8 Å². The van der Waals surface area contributed by atoms with Crippen molar-refractivity contribution >= 4 is 22.6 Å². The number of rotatable bonds is 7. The molecule has 0 aliphatic heterocycles. The minimum absolute atomic E-state index is 0.0606. The Kier molecular flexibility index (Phi) is 5.90. The molecule has 0 saturated heterocycles. The summed E-state index contributed by atoms with van der Waals surface area (Å²) in [6.07, 6.45) is 0. The molecule has 7 nitrogen and oxygen atoms in total. The minimum Gasteiger partial charge on any atom is -0.497 e. The van der Waals surface area contributed by atoms with Crippen LogP contribution in [0.5, 0.6) is 11.5 Å². The molecule has 0 aliphatic carbocycles. The number of methoxy groups -OCH3 is 1. The summed E-state index contributed by atoms with van der Waals surface area (Å²) in [6.45, 7) is 5.92. The highest BCUT2D eigenvalue weighted by atomic mass is 16.5. The van der Waals surface area contributed by atoms with Crippen LogP contribution in [0.1, 0.15) is 29.9 Å². The van der Waals surface area contributed by atoms with Crippen molar-refractivity contribution in [1.29, 1.82) is 0 Å². The molecule has 1 N–H and O–H groups in total. The number of amides is 1. The van der Waals surface area contributed by atoms with Gasteiger partial charge < -0.3 is 19.4 Å². The molecule has 0 radical (unpaired) electrons. The molecule has 1 atom stereocenters. The van der Waals surface area contributed by atoms with E-state index in [1.165, 1.54) is 5.69 Å². The summed E-state index contributed by atoms with van der Waals surface area (Å²) in [4.78, 5) is 12.6. The Balaban J connectivity index is 1.44. The van der Waals surface area contributed by atoms with Crippen LogP contribution in [0.3, 0.4) is 0 Å². The van der Waals surface area contributed by atoms with E-state index in [-0.39, 0.29) is 18.6 Å². The smallest absolute Gasteiger partial charge is 0.263 e. The third-order valence-electron chi connectivity index (χ3n) is 5.71. The van der Waals surface area contributed by atoms with Crippen LogP contribution in [0.15, 0.2) is 54.6 Å². The van der Waals surface area contributed by atoms with Crippen LogP contribution in [0, 0.1) is 13.8 Å². The van der Waals surface area contributed by atoms with Crippen LogP contribution in [-0.2, 0) is 11.8 Å². The van der Waals surface area contributed by atoms with Gasteiger partial charge >= 0.3 is 0 Å². The molecule has 4 aromatic rings. The zero-order valence-electron chi connectivity index (χ0n) is 19.0. The first kappa shape index (κ1) is 21.5. The molecule has 4 rings (SSSR count). The fourth-order valence-electron chi connectivity index (χ4n) is 3.81. The number of aryl methyl sites for hydroxylation is 3. The highest BCUT2D eigenvalue weighted by Crippen LogP contribution is 2.26. The predicted molar refractivity (Wildman–Crippen MR) is 126 cm³/mol. The van der Waals surface area contributed by atoms with E-state index >= 15 is 0 Å². The molecule has 7 heteroatoms. The maximum atomic E-state index is 12.6. The van der Waals surface area contributed by atoms with Crippen LogP contribution in [0.2, 0.25) is 0 Å². The maximum Gasteiger partial charge on any atom is 0.263 e. The second-order valence-corrected chi connectivity index (χ2v) is 7.97. The summed E-state index contributed by atoms with van der Waals surface area (Å²) < 4.78 is 14.9. The first-order valence-electron chi connectivity index (χ1n) is 10.5. The van der Waals surface area contributed by atoms with Gasteiger partial charge in [0.25, 0.3) is 5.91 Å². The first-order valence-corrected chi connectivity index (χ1v) is 10.5. The van der Waals surface area contributed by atoms with Crippen molar-refractivity contribution in [1.82, 2.24) is 14.3 Å². The summed E-state index contributed by atoms with van der Waals surface area (Å²) in [6, 6.07) is 17.6. The van der Waals surface area contributed by atoms with E-state index in [0.29, 0.717) is 11.6 Å². The van der Waals surface area contributed by atoms with E-state index in [0.717, 1.165) is 27.9 Å². The van der Waals surface area contributed by atoms with E-state index in [9.17, 15) is 4.79 Å². The second-order valence-electron chi connectivity index (χ2n) is 7.97. The highest BCUT2D eigenvalue weighted by molar-refractivity contribution is 5.91. The lowest BCUT2D eigenvalue weighted by Gasteiger charge is -2.17. The zero-order chi connectivity index (χ0) is 22.8. The molecule has 1 unspecified atom stereocenters. The number of benzene rings is 2. The third-order valence-corrected chi connectivity index (χ3v) is 5.71. The largest absolute Gasteiger partial charge is 0.497 e. The number of aromatic nitrogens is 3. The summed E-state index contributed by atoms with van der Waals surface area (Å²) in [7, 11) is 3.67. The van der Waals surface area contributed by atoms with E-state index < -0.39 is 0 Å². The van der Waals surface area contributed by atoms with Gasteiger partial charge in [-0.1, -0.05) is 12.1 Å². The number of hydrogen-bond acceptors (Lipinski definition) is 4. The van der Waals surface area contributed by atoms with Crippen LogP contribution in [-0.4, -0.2) is 34.0 Å². The van der Waals surface area contributed by atoms with Gasteiger partial charge in [-0.05, 0) is 62.7 Å². The van der Waals surface area contributed by atoms with Crippen LogP contribution in [0.25, 0.3) is 10.9 Å². The van der Waals surface area contributed by atoms with Gasteiger partial charge in [0.1, 0.15) is 17.3 Å². The lowest BCUT2D eigenvalue weighted by Crippen LogP contribution is -2.23. The predicted octanol–water partition coefficient (Wildman–Crippen LogP) is 4.63. The van der Waals surface area contributed by atoms with E-state index in [4.69, 9.17) is 9.47 Å². The highest BCUT2D eigenvalue weighted by Gasteiger charge is 2.16. The molecule has 0 saturated carbocycles. The van der Waals surface area contributed by atoms with Gasteiger partial charge in [0.15, 0.2) is 6.61 Å². The molecule has 2 aromatic carbocycles. The Morgan fingerprint density at radius 3 is 2.50 bits per heavy atom. The molecular formula is C25H28N4O3. The van der Waals surface area contributed by atoms with Gasteiger partial charge in [-0.25, -0.2) is 4.68 Å². The molecule has 0 fully saturated rings. The molecule has 32 heavy (non-hydrogen) atoms. The molecular weight excluding hydrogens is 404 g/mol. The van der Waals surface area contributed by atoms with E-state index in [1.54, 1.807) is 7.11 Å². The lowest BCUT2D eigenvalue weighted by molar-refractivity contribution is -0.118. The second kappa shape index (κ2) is 8.78. The van der Waals surface area contributed by atoms with Gasteiger partial charge in [-0.3, -0.25) is 4.79 Å². The fourth-order valence-corrected chi connectivity index (χ4v) is 3.81. The summed E-state index contributed by atoms with van der Waals surface area (Å²) in [5.41, 5.74) is 4.19. The Hall–Kier alpha value is -3.74. The Bertz CT molecular complexity index is 1250. The first-order chi connectivity index (χ1) is 15.4. The number of fused-ring (bicyclic) bond motifs is 1. The van der Waals surface area contributed by atoms with Crippen molar-refractivity contribution in [3.8, 4) is 11.5 Å². The van der Waals surface area contributed by atoms with Crippen molar-refractivity contribution in [3.63, 3.8) is 0 Å². The van der Waals surface area contributed by atoms with Crippen molar-refractivity contribution in [2.45, 2.75) is 26.8 Å². The van der Waals surface area contributed by atoms with Gasteiger partial charge in [0, 0.05) is 29.7 Å². The molecule has 2 aromatic heterocycles. The van der Waals surface area contributed by atoms with E-state index in [1.807, 2.05) is 74.1 Å². The standard InChI is InChI=1S/C25H28N4O3/c1-16-12-24(29(27-16)18(3)19-6-8-21(31-5)9-7-19)26-25(30)15-32-22-10-11-23-20(14-22)13-17(2)28(23)4/h6-14,18H,15H2,1-5H3,(H,26,30). The van der Waals surface area contributed by atoms with Crippen molar-refractivity contribution < 1.29 is 14.3 Å². The van der Waals surface area contributed by atoms with Gasteiger partial charge in [-0.15, -0.1) is 0 Å². The Morgan fingerprint density at radius 2 is 1.78 bits per heavy atom. The topological polar surface area (TPSA) is 70.3 Å². The molecule has 1 amide bonds. The normalized spacial score (nSPS) is 12.0. The molecule has 0 aliphatic rings. The molecule has 2 heterocycles. The number of hydrogen-bond donors (Lipinski definition) is 1. The van der Waals surface area contributed by atoms with Crippen molar-refractivity contribution in [3.05, 3.63) is 71.5 Å². The monoisotopic (exact) mass is 432 g/mol. The number of nitrogens with zero attached hydrogens (tertiary/aromatic N) is 3. The molecule has 0 spiro atoms. The molecule has 0 bridgehead atoms. The van der Waals surface area contributed by atoms with Crippen molar-refractivity contribution in [2.24, 2.45) is 7.05 Å². The molecule has 166 valence electrons. The van der Waals surface area contributed by atoms with Crippen LogP contribution >= 0.6 is 0 Å². The number of carbonyl (C=O) groups is 1. The average Bonchev–Trinajstić information content (AvgIpc) is 3.29. The summed E-state index contributed by atoms with van der Waals surface area (Å²) in [5, 5.41) is 8.59. The summed E-state index contributed by atoms with van der Waals surface area (Å²) in [5.74, 6) is 1.85. The number of nitrogens with one attached hydrogen (secondary N) is 1. The van der Waals surface area contributed by atoms with Crippen molar-refractivity contribution in [2.75, 3.05) is 19.0 Å². The van der Waals surface area contributed by atoms with Crippen LogP contribution in [0.4, 0.5) is 5.82 Å². The average molecular weight is 433 g/mol. The minimum atomic E-state index is -0.238. The number of ether oxygens (including phenoxy) is 2. The Morgan fingerprint density at radius 1 is 1.06 bits per heavy atom. The Labute approximate surface area is 187 Å². The summed E-state index contributed by atoms with van der Waals surface area (Å²) >= 11 is 0. The van der Waals surface area contributed by atoms with Gasteiger partial charge in [0.2, 0.25) is 0 Å². The van der Waals surface area contributed by atoms with Gasteiger partial charge in [0.05, 0.1) is 18.8 Å². The number of anilines is 1. The van der Waals surface area contributed by atoms with Gasteiger partial charge in [-0.2, -0.15) is 5.10 Å². The fraction of sp³-hybridized carbons (Fsp3) is 0.280. The quantitative estimate of drug-likeness (QED) is 0.462. The third kappa shape index (κ3) is 4.32. The van der Waals surface area contributed by atoms with E-state index in [2.05, 4.69) is 28.0 Å². The zero-order valence-corrected chi connectivity index (χ0v) is 19.0. The lowest BCUT2D eigenvalue weighted by atomic mass is 10.1.